The lowest BCUT2D eigenvalue weighted by molar-refractivity contribution is 0.692. The molecule has 1 aliphatic rings. The maximum Gasteiger partial charge on any atom is 0.106 e. The summed E-state index contributed by atoms with van der Waals surface area (Å²) < 4.78 is 0. The number of allylic oxidation sites excluding steroid dienone is 4. The molecule has 0 N–H and O–H groups in total. The Bertz CT molecular complexity index is 706. The van der Waals surface area contributed by atoms with Crippen LogP contribution in [0.4, 0.5) is 0 Å². The molecule has 2 rings (SSSR count). The Morgan fingerprint density at radius 2 is 1.31 bits per heavy atom. The summed E-state index contributed by atoms with van der Waals surface area (Å²) in [6.07, 6.45) is 5.18. The highest BCUT2D eigenvalue weighted by molar-refractivity contribution is 6.97. The van der Waals surface area contributed by atoms with Crippen molar-refractivity contribution < 1.29 is 0 Å². The molecule has 144 valence electrons. The first-order chi connectivity index (χ1) is 12.1. The summed E-state index contributed by atoms with van der Waals surface area (Å²) in [7, 11) is -1.91. The molecule has 0 aliphatic heterocycles. The molecule has 0 heterocycles. The van der Waals surface area contributed by atoms with Gasteiger partial charge in [-0.3, -0.25) is 0 Å². The average molecular weight is 369 g/mol. The maximum absolute atomic E-state index is 2.65. The van der Waals surface area contributed by atoms with Crippen LogP contribution in [0.2, 0.25) is 16.1 Å². The molecule has 3 atom stereocenters. The Labute approximate surface area is 163 Å². The first kappa shape index (κ1) is 21.2. The van der Waals surface area contributed by atoms with E-state index in [1.165, 1.54) is 35.1 Å². The standard InChI is InChI=1S/C25H40Si/c1-11-20(6)26(21(7)12-2,24-14-17(3)13-18(4)15-24)25(10)16-19(5)22(8)23(25)9/h13-16,20-21H,11-12H2,1-10H3. The van der Waals surface area contributed by atoms with Crippen LogP contribution >= 0.6 is 0 Å². The number of aryl methyl sites for hydroxylation is 2. The zero-order valence-corrected chi connectivity index (χ0v) is 19.9. The quantitative estimate of drug-likeness (QED) is 0.453. The lowest BCUT2D eigenvalue weighted by Gasteiger charge is -2.53. The number of hydrogen-bond acceptors (Lipinski definition) is 0. The van der Waals surface area contributed by atoms with E-state index >= 15 is 0 Å². The second-order valence-electron chi connectivity index (χ2n) is 9.14. The van der Waals surface area contributed by atoms with Crippen LogP contribution in [0.5, 0.6) is 0 Å². The molecule has 0 aromatic heterocycles. The van der Waals surface area contributed by atoms with Gasteiger partial charge in [0.15, 0.2) is 0 Å². The van der Waals surface area contributed by atoms with Crippen molar-refractivity contribution in [3.8, 4) is 0 Å². The fourth-order valence-corrected chi connectivity index (χ4v) is 14.2. The van der Waals surface area contributed by atoms with Gasteiger partial charge in [0.2, 0.25) is 0 Å². The fraction of sp³-hybridized carbons (Fsp3) is 0.600. The summed E-state index contributed by atoms with van der Waals surface area (Å²) in [6, 6.07) is 7.40. The highest BCUT2D eigenvalue weighted by Gasteiger charge is 2.58. The lowest BCUT2D eigenvalue weighted by Crippen LogP contribution is -2.62. The van der Waals surface area contributed by atoms with Crippen LogP contribution in [-0.2, 0) is 0 Å². The molecule has 1 heteroatoms. The Kier molecular flexibility index (Phi) is 6.12. The second kappa shape index (κ2) is 7.50. The minimum absolute atomic E-state index is 0.201. The van der Waals surface area contributed by atoms with E-state index in [4.69, 9.17) is 0 Å². The summed E-state index contributed by atoms with van der Waals surface area (Å²) in [6.45, 7) is 24.1. The predicted octanol–water partition coefficient (Wildman–Crippen LogP) is 7.62. The molecule has 0 spiro atoms. The van der Waals surface area contributed by atoms with Gasteiger partial charge in [-0.25, -0.2) is 0 Å². The van der Waals surface area contributed by atoms with Gasteiger partial charge in [-0.2, -0.15) is 0 Å². The summed E-state index contributed by atoms with van der Waals surface area (Å²) in [5.74, 6) is 0. The molecule has 0 saturated carbocycles. The summed E-state index contributed by atoms with van der Waals surface area (Å²) >= 11 is 0. The molecular formula is C25H40Si. The minimum atomic E-state index is -1.91. The average Bonchev–Trinajstić information content (AvgIpc) is 2.77. The van der Waals surface area contributed by atoms with Crippen molar-refractivity contribution >= 4 is 13.3 Å². The van der Waals surface area contributed by atoms with E-state index in [1.54, 1.807) is 10.8 Å². The molecule has 0 saturated heterocycles. The van der Waals surface area contributed by atoms with Crippen LogP contribution in [0.1, 0.15) is 79.4 Å². The molecule has 0 radical (unpaired) electrons. The van der Waals surface area contributed by atoms with E-state index < -0.39 is 8.07 Å². The van der Waals surface area contributed by atoms with Crippen LogP contribution in [-0.4, -0.2) is 8.07 Å². The van der Waals surface area contributed by atoms with Gasteiger partial charge in [0.1, 0.15) is 8.07 Å². The van der Waals surface area contributed by atoms with Gasteiger partial charge >= 0.3 is 0 Å². The van der Waals surface area contributed by atoms with Gasteiger partial charge < -0.3 is 0 Å². The lowest BCUT2D eigenvalue weighted by atomic mass is 10.0. The van der Waals surface area contributed by atoms with Gasteiger partial charge in [-0.1, -0.05) is 99.2 Å². The van der Waals surface area contributed by atoms with E-state index in [1.807, 2.05) is 0 Å². The van der Waals surface area contributed by atoms with Gasteiger partial charge in [-0.15, -0.1) is 0 Å². The van der Waals surface area contributed by atoms with Crippen molar-refractivity contribution in [1.29, 1.82) is 0 Å². The molecule has 1 aliphatic carbocycles. The van der Waals surface area contributed by atoms with Crippen molar-refractivity contribution in [2.75, 3.05) is 0 Å². The molecule has 0 amide bonds. The summed E-state index contributed by atoms with van der Waals surface area (Å²) in [5, 5.41) is 1.88. The summed E-state index contributed by atoms with van der Waals surface area (Å²) in [5.41, 5.74) is 8.98. The largest absolute Gasteiger partial charge is 0.106 e. The smallest absolute Gasteiger partial charge is 0.0737 e. The van der Waals surface area contributed by atoms with Crippen molar-refractivity contribution in [2.24, 2.45) is 0 Å². The predicted molar refractivity (Wildman–Crippen MR) is 121 cm³/mol. The first-order valence-corrected chi connectivity index (χ1v) is 12.7. The van der Waals surface area contributed by atoms with Gasteiger partial charge in [-0.05, 0) is 51.3 Å². The number of rotatable bonds is 6. The van der Waals surface area contributed by atoms with Crippen LogP contribution in [0.15, 0.2) is 41.0 Å². The topological polar surface area (TPSA) is 0 Å². The van der Waals surface area contributed by atoms with Crippen molar-refractivity contribution in [2.45, 2.75) is 98.2 Å². The molecule has 1 aromatic rings. The highest BCUT2D eigenvalue weighted by Crippen LogP contribution is 2.61. The SMILES string of the molecule is CCC(C)[Si](c1cc(C)cc(C)c1)(C(C)CC)C1(C)C=C(C)C(C)=C1C. The van der Waals surface area contributed by atoms with Crippen molar-refractivity contribution in [3.63, 3.8) is 0 Å². The zero-order chi connectivity index (χ0) is 19.9. The highest BCUT2D eigenvalue weighted by atomic mass is 28.3. The molecule has 3 unspecified atom stereocenters. The Morgan fingerprint density at radius 3 is 1.65 bits per heavy atom. The second-order valence-corrected chi connectivity index (χ2v) is 14.5. The van der Waals surface area contributed by atoms with E-state index in [9.17, 15) is 0 Å². The molecule has 0 bridgehead atoms. The monoisotopic (exact) mass is 368 g/mol. The van der Waals surface area contributed by atoms with Crippen molar-refractivity contribution in [1.82, 2.24) is 0 Å². The first-order valence-electron chi connectivity index (χ1n) is 10.5. The van der Waals surface area contributed by atoms with Gasteiger partial charge in [0.05, 0.1) is 0 Å². The fourth-order valence-electron chi connectivity index (χ4n) is 6.00. The molecule has 0 nitrogen and oxygen atoms in total. The van der Waals surface area contributed by atoms with E-state index in [-0.39, 0.29) is 5.04 Å². The third kappa shape index (κ3) is 2.97. The van der Waals surface area contributed by atoms with Crippen LogP contribution in [0.25, 0.3) is 0 Å². The van der Waals surface area contributed by atoms with E-state index in [2.05, 4.69) is 93.5 Å². The molecule has 1 aromatic carbocycles. The van der Waals surface area contributed by atoms with Gasteiger partial charge in [0, 0.05) is 5.04 Å². The Morgan fingerprint density at radius 1 is 0.846 bits per heavy atom. The minimum Gasteiger partial charge on any atom is -0.0737 e. The molecule has 26 heavy (non-hydrogen) atoms. The van der Waals surface area contributed by atoms with Crippen LogP contribution in [0.3, 0.4) is 0 Å². The molecular weight excluding hydrogens is 328 g/mol. The normalized spacial score (nSPS) is 25.1. The number of benzene rings is 1. The Balaban J connectivity index is 2.95. The van der Waals surface area contributed by atoms with E-state index in [0.29, 0.717) is 0 Å². The van der Waals surface area contributed by atoms with Gasteiger partial charge in [0.25, 0.3) is 0 Å². The third-order valence-electron chi connectivity index (χ3n) is 7.78. The van der Waals surface area contributed by atoms with E-state index in [0.717, 1.165) is 11.1 Å². The van der Waals surface area contributed by atoms with Crippen LogP contribution < -0.4 is 5.19 Å². The van der Waals surface area contributed by atoms with Crippen LogP contribution in [0, 0.1) is 13.8 Å². The van der Waals surface area contributed by atoms with Crippen molar-refractivity contribution in [3.05, 3.63) is 52.1 Å². The Hall–Kier alpha value is -1.08. The zero-order valence-electron chi connectivity index (χ0n) is 18.9. The maximum atomic E-state index is 2.65. The third-order valence-corrected chi connectivity index (χ3v) is 15.2. The molecule has 0 fully saturated rings. The number of hydrogen-bond donors (Lipinski definition) is 0. The summed E-state index contributed by atoms with van der Waals surface area (Å²) in [4.78, 5) is 0.